The summed E-state index contributed by atoms with van der Waals surface area (Å²) in [5.74, 6) is 0.187. The van der Waals surface area contributed by atoms with E-state index in [9.17, 15) is 9.59 Å². The Balaban J connectivity index is 2.28. The van der Waals surface area contributed by atoms with Gasteiger partial charge in [0, 0.05) is 25.6 Å². The summed E-state index contributed by atoms with van der Waals surface area (Å²) < 4.78 is 0. The molecule has 1 rings (SSSR count). The molecule has 0 aromatic heterocycles. The van der Waals surface area contributed by atoms with Gasteiger partial charge in [-0.1, -0.05) is 25.5 Å². The van der Waals surface area contributed by atoms with Crippen LogP contribution < -0.4 is 0 Å². The van der Waals surface area contributed by atoms with Crippen molar-refractivity contribution in [2.45, 2.75) is 45.4 Å². The molecule has 0 saturated carbocycles. The second-order valence-electron chi connectivity index (χ2n) is 4.67. The molecule has 0 unspecified atom stereocenters. The van der Waals surface area contributed by atoms with Crippen LogP contribution in [0.1, 0.15) is 45.4 Å². The van der Waals surface area contributed by atoms with Crippen molar-refractivity contribution in [3.8, 4) is 0 Å². The third kappa shape index (κ3) is 5.80. The minimum atomic E-state index is 0.0559. The van der Waals surface area contributed by atoms with Crippen molar-refractivity contribution in [3.63, 3.8) is 0 Å². The van der Waals surface area contributed by atoms with Gasteiger partial charge in [-0.05, 0) is 31.8 Å². The van der Waals surface area contributed by atoms with Crippen molar-refractivity contribution < 1.29 is 9.59 Å². The van der Waals surface area contributed by atoms with Crippen LogP contribution >= 0.6 is 0 Å². The second kappa shape index (κ2) is 8.67. The van der Waals surface area contributed by atoms with Gasteiger partial charge >= 0.3 is 0 Å². The van der Waals surface area contributed by atoms with Gasteiger partial charge in [0.25, 0.3) is 0 Å². The van der Waals surface area contributed by atoms with E-state index in [0.717, 1.165) is 38.8 Å². The Morgan fingerprint density at radius 2 is 1.72 bits per heavy atom. The number of hydrogen-bond acceptors (Lipinski definition) is 2. The predicted molar refractivity (Wildman–Crippen MR) is 73.2 cm³/mol. The lowest BCUT2D eigenvalue weighted by molar-refractivity contribution is -0.126. The monoisotopic (exact) mass is 249 g/mol. The van der Waals surface area contributed by atoms with E-state index in [1.165, 1.54) is 6.42 Å². The zero-order chi connectivity index (χ0) is 13.2. The number of unbranched alkanes of at least 4 members (excludes halogenated alkanes) is 1. The molecule has 0 aliphatic carbocycles. The van der Waals surface area contributed by atoms with Crippen molar-refractivity contribution in [2.24, 2.45) is 0 Å². The van der Waals surface area contributed by atoms with E-state index in [1.54, 1.807) is 24.3 Å². The molecule has 0 bridgehead atoms. The molecule has 3 nitrogen and oxygen atoms in total. The van der Waals surface area contributed by atoms with Crippen molar-refractivity contribution in [3.05, 3.63) is 24.3 Å². The van der Waals surface area contributed by atoms with E-state index in [0.29, 0.717) is 6.42 Å². The molecular weight excluding hydrogens is 226 g/mol. The summed E-state index contributed by atoms with van der Waals surface area (Å²) in [6.07, 6.45) is 12.4. The fourth-order valence-corrected chi connectivity index (χ4v) is 1.95. The average Bonchev–Trinajstić information content (AvgIpc) is 2.42. The fourth-order valence-electron chi connectivity index (χ4n) is 1.95. The molecular formula is C15H23NO2. The van der Waals surface area contributed by atoms with E-state index >= 15 is 0 Å². The average molecular weight is 249 g/mol. The largest absolute Gasteiger partial charge is 0.339 e. The number of hydrogen-bond donors (Lipinski definition) is 0. The Morgan fingerprint density at radius 3 is 2.39 bits per heavy atom. The SMILES string of the molecule is CCCCC(=O)C=CC=CC(=O)N1CCCCC1. The maximum atomic E-state index is 11.7. The van der Waals surface area contributed by atoms with Crippen LogP contribution in [0.2, 0.25) is 0 Å². The fraction of sp³-hybridized carbons (Fsp3) is 0.600. The van der Waals surface area contributed by atoms with Gasteiger partial charge in [0.05, 0.1) is 0 Å². The van der Waals surface area contributed by atoms with Crippen molar-refractivity contribution in [2.75, 3.05) is 13.1 Å². The Bertz CT molecular complexity index is 325. The second-order valence-corrected chi connectivity index (χ2v) is 4.67. The Labute approximate surface area is 110 Å². The third-order valence-corrected chi connectivity index (χ3v) is 3.08. The molecule has 1 aliphatic heterocycles. The summed E-state index contributed by atoms with van der Waals surface area (Å²) in [6.45, 7) is 3.79. The molecule has 1 amide bonds. The first-order valence-electron chi connectivity index (χ1n) is 6.90. The highest BCUT2D eigenvalue weighted by atomic mass is 16.2. The molecule has 0 aromatic rings. The zero-order valence-electron chi connectivity index (χ0n) is 11.2. The van der Waals surface area contributed by atoms with Crippen LogP contribution in [-0.4, -0.2) is 29.7 Å². The smallest absolute Gasteiger partial charge is 0.246 e. The summed E-state index contributed by atoms with van der Waals surface area (Å²) in [5.41, 5.74) is 0. The van der Waals surface area contributed by atoms with Gasteiger partial charge < -0.3 is 4.90 Å². The molecule has 100 valence electrons. The lowest BCUT2D eigenvalue weighted by Crippen LogP contribution is -2.34. The molecule has 1 heterocycles. The molecule has 0 N–H and O–H groups in total. The number of carbonyl (C=O) groups excluding carboxylic acids is 2. The number of amides is 1. The van der Waals surface area contributed by atoms with Gasteiger partial charge in [-0.2, -0.15) is 0 Å². The standard InChI is InChI=1S/C15H23NO2/c1-2-3-9-14(17)10-5-6-11-15(18)16-12-7-4-8-13-16/h5-6,10-11H,2-4,7-9,12-13H2,1H3. The zero-order valence-corrected chi connectivity index (χ0v) is 11.2. The summed E-state index contributed by atoms with van der Waals surface area (Å²) in [6, 6.07) is 0. The molecule has 0 radical (unpaired) electrons. The minimum Gasteiger partial charge on any atom is -0.339 e. The number of likely N-dealkylation sites (tertiary alicyclic amines) is 1. The highest BCUT2D eigenvalue weighted by Crippen LogP contribution is 2.08. The van der Waals surface area contributed by atoms with Crippen LogP contribution in [-0.2, 0) is 9.59 Å². The molecule has 18 heavy (non-hydrogen) atoms. The van der Waals surface area contributed by atoms with Gasteiger partial charge in [-0.25, -0.2) is 0 Å². The summed E-state index contributed by atoms with van der Waals surface area (Å²) in [4.78, 5) is 24.9. The predicted octanol–water partition coefficient (Wildman–Crippen LogP) is 2.87. The molecule has 3 heteroatoms. The van der Waals surface area contributed by atoms with Gasteiger partial charge in [0.15, 0.2) is 5.78 Å². The molecule has 1 aliphatic rings. The van der Waals surface area contributed by atoms with E-state index in [2.05, 4.69) is 6.92 Å². The summed E-state index contributed by atoms with van der Waals surface area (Å²) in [7, 11) is 0. The van der Waals surface area contributed by atoms with Crippen LogP contribution in [0.3, 0.4) is 0 Å². The lowest BCUT2D eigenvalue weighted by Gasteiger charge is -2.25. The number of ketones is 1. The van der Waals surface area contributed by atoms with Gasteiger partial charge in [0.1, 0.15) is 0 Å². The van der Waals surface area contributed by atoms with Crippen molar-refractivity contribution >= 4 is 11.7 Å². The van der Waals surface area contributed by atoms with Gasteiger partial charge in [-0.3, -0.25) is 9.59 Å². The number of rotatable bonds is 6. The molecule has 0 aromatic carbocycles. The van der Waals surface area contributed by atoms with Crippen LogP contribution in [0.5, 0.6) is 0 Å². The lowest BCUT2D eigenvalue weighted by atomic mass is 10.1. The highest BCUT2D eigenvalue weighted by molar-refractivity contribution is 5.91. The van der Waals surface area contributed by atoms with Crippen LogP contribution in [0.4, 0.5) is 0 Å². The normalized spacial score (nSPS) is 16.6. The van der Waals surface area contributed by atoms with Crippen molar-refractivity contribution in [1.29, 1.82) is 0 Å². The quantitative estimate of drug-likeness (QED) is 0.536. The van der Waals surface area contributed by atoms with E-state index in [-0.39, 0.29) is 11.7 Å². The summed E-state index contributed by atoms with van der Waals surface area (Å²) in [5, 5.41) is 0. The van der Waals surface area contributed by atoms with E-state index in [1.807, 2.05) is 4.90 Å². The van der Waals surface area contributed by atoms with Crippen LogP contribution in [0, 0.1) is 0 Å². The van der Waals surface area contributed by atoms with Crippen LogP contribution in [0.15, 0.2) is 24.3 Å². The van der Waals surface area contributed by atoms with Gasteiger partial charge in [0.2, 0.25) is 5.91 Å². The maximum Gasteiger partial charge on any atom is 0.246 e. The number of carbonyl (C=O) groups is 2. The third-order valence-electron chi connectivity index (χ3n) is 3.08. The molecule has 1 saturated heterocycles. The first kappa shape index (κ1) is 14.7. The van der Waals surface area contributed by atoms with Crippen LogP contribution in [0.25, 0.3) is 0 Å². The Kier molecular flexibility index (Phi) is 7.07. The molecule has 0 spiro atoms. The Hall–Kier alpha value is -1.38. The van der Waals surface area contributed by atoms with Gasteiger partial charge in [-0.15, -0.1) is 0 Å². The molecule has 0 atom stereocenters. The maximum absolute atomic E-state index is 11.7. The number of nitrogens with zero attached hydrogens (tertiary/aromatic N) is 1. The Morgan fingerprint density at radius 1 is 1.06 bits per heavy atom. The first-order valence-corrected chi connectivity index (χ1v) is 6.90. The minimum absolute atomic E-state index is 0.0559. The van der Waals surface area contributed by atoms with Crippen molar-refractivity contribution in [1.82, 2.24) is 4.90 Å². The van der Waals surface area contributed by atoms with E-state index in [4.69, 9.17) is 0 Å². The number of piperidine rings is 1. The highest BCUT2D eigenvalue weighted by Gasteiger charge is 2.13. The summed E-state index contributed by atoms with van der Waals surface area (Å²) >= 11 is 0. The number of allylic oxidation sites excluding steroid dienone is 3. The first-order chi connectivity index (χ1) is 8.74. The topological polar surface area (TPSA) is 37.4 Å². The van der Waals surface area contributed by atoms with E-state index < -0.39 is 0 Å². The molecule has 1 fully saturated rings.